The number of likely N-dealkylation sites (N-methyl/N-ethyl adjacent to an activating group) is 1. The van der Waals surface area contributed by atoms with Crippen molar-refractivity contribution in [1.29, 1.82) is 0 Å². The molecule has 1 unspecified atom stereocenters. The summed E-state index contributed by atoms with van der Waals surface area (Å²) in [6.07, 6.45) is 0.828. The van der Waals surface area contributed by atoms with Crippen LogP contribution in [0.1, 0.15) is 27.6 Å². The fraction of sp³-hybridized carbons (Fsp3) is 0.333. The van der Waals surface area contributed by atoms with Crippen LogP contribution in [-0.2, 0) is 6.42 Å². The SMILES string of the molecule is CNC(Cc1cccs1)c1c(C)cc(C)cc1F. The second-order valence-electron chi connectivity index (χ2n) is 4.60. The number of thiophene rings is 1. The largest absolute Gasteiger partial charge is 0.313 e. The molecule has 0 spiro atoms. The van der Waals surface area contributed by atoms with Gasteiger partial charge in [-0.3, -0.25) is 0 Å². The Bertz CT molecular complexity index is 496. The Labute approximate surface area is 112 Å². The van der Waals surface area contributed by atoms with E-state index in [0.717, 1.165) is 23.1 Å². The third kappa shape index (κ3) is 2.79. The van der Waals surface area contributed by atoms with E-state index in [2.05, 4.69) is 16.8 Å². The van der Waals surface area contributed by atoms with Crippen molar-refractivity contribution >= 4 is 11.3 Å². The summed E-state index contributed by atoms with van der Waals surface area (Å²) < 4.78 is 14.1. The van der Waals surface area contributed by atoms with Crippen LogP contribution in [0.4, 0.5) is 4.39 Å². The molecule has 0 aliphatic carbocycles. The zero-order valence-corrected chi connectivity index (χ0v) is 11.8. The number of hydrogen-bond donors (Lipinski definition) is 1. The third-order valence-electron chi connectivity index (χ3n) is 3.16. The van der Waals surface area contributed by atoms with Crippen LogP contribution in [0.25, 0.3) is 0 Å². The van der Waals surface area contributed by atoms with Gasteiger partial charge in [0, 0.05) is 22.9 Å². The van der Waals surface area contributed by atoms with Gasteiger partial charge >= 0.3 is 0 Å². The first-order chi connectivity index (χ1) is 8.61. The zero-order valence-electron chi connectivity index (χ0n) is 11.0. The highest BCUT2D eigenvalue weighted by molar-refractivity contribution is 7.09. The Hall–Kier alpha value is -1.19. The number of benzene rings is 1. The van der Waals surface area contributed by atoms with Crippen LogP contribution in [0.2, 0.25) is 0 Å². The Balaban J connectivity index is 2.33. The molecule has 1 atom stereocenters. The molecule has 0 saturated heterocycles. The van der Waals surface area contributed by atoms with Crippen molar-refractivity contribution in [3.8, 4) is 0 Å². The van der Waals surface area contributed by atoms with Crippen molar-refractivity contribution in [2.75, 3.05) is 7.05 Å². The summed E-state index contributed by atoms with van der Waals surface area (Å²) in [5.41, 5.74) is 2.78. The Kier molecular flexibility index (Phi) is 4.15. The van der Waals surface area contributed by atoms with Gasteiger partial charge < -0.3 is 5.32 Å². The average Bonchev–Trinajstić information content (AvgIpc) is 2.79. The van der Waals surface area contributed by atoms with E-state index >= 15 is 0 Å². The van der Waals surface area contributed by atoms with Crippen molar-refractivity contribution in [2.45, 2.75) is 26.3 Å². The highest BCUT2D eigenvalue weighted by Gasteiger charge is 2.17. The smallest absolute Gasteiger partial charge is 0.128 e. The maximum absolute atomic E-state index is 14.1. The maximum Gasteiger partial charge on any atom is 0.128 e. The van der Waals surface area contributed by atoms with Crippen LogP contribution in [0.5, 0.6) is 0 Å². The molecule has 0 fully saturated rings. The van der Waals surface area contributed by atoms with E-state index in [1.807, 2.05) is 33.0 Å². The molecule has 0 bridgehead atoms. The number of aryl methyl sites for hydroxylation is 2. The lowest BCUT2D eigenvalue weighted by atomic mass is 9.96. The second-order valence-corrected chi connectivity index (χ2v) is 5.63. The van der Waals surface area contributed by atoms with Crippen LogP contribution in [0.3, 0.4) is 0 Å². The van der Waals surface area contributed by atoms with Crippen LogP contribution >= 0.6 is 11.3 Å². The highest BCUT2D eigenvalue weighted by Crippen LogP contribution is 2.26. The Morgan fingerprint density at radius 3 is 2.67 bits per heavy atom. The molecule has 1 nitrogen and oxygen atoms in total. The number of rotatable bonds is 4. The summed E-state index contributed by atoms with van der Waals surface area (Å²) in [5, 5.41) is 5.28. The second kappa shape index (κ2) is 5.63. The molecule has 0 radical (unpaired) electrons. The fourth-order valence-corrected chi connectivity index (χ4v) is 3.10. The standard InChI is InChI=1S/C15H18FNS/c1-10-7-11(2)15(13(16)8-10)14(17-3)9-12-5-4-6-18-12/h4-8,14,17H,9H2,1-3H3. The maximum atomic E-state index is 14.1. The van der Waals surface area contributed by atoms with Crippen LogP contribution in [-0.4, -0.2) is 7.05 Å². The molecule has 96 valence electrons. The first-order valence-electron chi connectivity index (χ1n) is 6.08. The molecule has 3 heteroatoms. The van der Waals surface area contributed by atoms with Gasteiger partial charge in [0.1, 0.15) is 5.82 Å². The van der Waals surface area contributed by atoms with Gasteiger partial charge in [0.05, 0.1) is 0 Å². The Morgan fingerprint density at radius 2 is 2.11 bits per heavy atom. The summed E-state index contributed by atoms with van der Waals surface area (Å²) in [5.74, 6) is -0.108. The molecular weight excluding hydrogens is 245 g/mol. The quantitative estimate of drug-likeness (QED) is 0.879. The average molecular weight is 263 g/mol. The van der Waals surface area contributed by atoms with Gasteiger partial charge in [0.2, 0.25) is 0 Å². The van der Waals surface area contributed by atoms with Gasteiger partial charge in [0.25, 0.3) is 0 Å². The minimum Gasteiger partial charge on any atom is -0.313 e. The topological polar surface area (TPSA) is 12.0 Å². The molecule has 18 heavy (non-hydrogen) atoms. The van der Waals surface area contributed by atoms with E-state index in [1.165, 1.54) is 4.88 Å². The molecule has 2 aromatic rings. The van der Waals surface area contributed by atoms with Crippen molar-refractivity contribution in [3.63, 3.8) is 0 Å². The molecule has 0 aliphatic heterocycles. The van der Waals surface area contributed by atoms with Crippen molar-refractivity contribution in [1.82, 2.24) is 5.32 Å². The van der Waals surface area contributed by atoms with Gasteiger partial charge in [-0.05, 0) is 49.5 Å². The van der Waals surface area contributed by atoms with E-state index in [9.17, 15) is 4.39 Å². The summed E-state index contributed by atoms with van der Waals surface area (Å²) in [6.45, 7) is 3.90. The molecule has 1 N–H and O–H groups in total. The van der Waals surface area contributed by atoms with Gasteiger partial charge in [-0.1, -0.05) is 12.1 Å². The van der Waals surface area contributed by atoms with E-state index in [0.29, 0.717) is 0 Å². The van der Waals surface area contributed by atoms with E-state index in [-0.39, 0.29) is 11.9 Å². The van der Waals surface area contributed by atoms with Gasteiger partial charge in [0.15, 0.2) is 0 Å². The molecule has 1 aromatic carbocycles. The van der Waals surface area contributed by atoms with Crippen molar-refractivity contribution in [2.24, 2.45) is 0 Å². The van der Waals surface area contributed by atoms with E-state index in [4.69, 9.17) is 0 Å². The van der Waals surface area contributed by atoms with Crippen molar-refractivity contribution < 1.29 is 4.39 Å². The van der Waals surface area contributed by atoms with Gasteiger partial charge in [-0.25, -0.2) is 4.39 Å². The third-order valence-corrected chi connectivity index (χ3v) is 4.06. The molecule has 1 heterocycles. The Morgan fingerprint density at radius 1 is 1.33 bits per heavy atom. The summed E-state index contributed by atoms with van der Waals surface area (Å²) in [6, 6.07) is 7.81. The lowest BCUT2D eigenvalue weighted by Crippen LogP contribution is -2.21. The number of halogens is 1. The van der Waals surface area contributed by atoms with Crippen molar-refractivity contribution in [3.05, 3.63) is 57.0 Å². The predicted molar refractivity (Wildman–Crippen MR) is 75.7 cm³/mol. The van der Waals surface area contributed by atoms with Gasteiger partial charge in [-0.2, -0.15) is 0 Å². The highest BCUT2D eigenvalue weighted by atomic mass is 32.1. The minimum absolute atomic E-state index is 0.0317. The summed E-state index contributed by atoms with van der Waals surface area (Å²) in [7, 11) is 1.89. The first-order valence-corrected chi connectivity index (χ1v) is 6.96. The molecule has 2 rings (SSSR count). The lowest BCUT2D eigenvalue weighted by Gasteiger charge is -2.19. The van der Waals surface area contributed by atoms with E-state index in [1.54, 1.807) is 17.4 Å². The zero-order chi connectivity index (χ0) is 13.1. The lowest BCUT2D eigenvalue weighted by molar-refractivity contribution is 0.532. The van der Waals surface area contributed by atoms with Crippen LogP contribution in [0.15, 0.2) is 29.6 Å². The van der Waals surface area contributed by atoms with Crippen LogP contribution in [0, 0.1) is 19.7 Å². The molecular formula is C15H18FNS. The van der Waals surface area contributed by atoms with Crippen LogP contribution < -0.4 is 5.32 Å². The van der Waals surface area contributed by atoms with Gasteiger partial charge in [-0.15, -0.1) is 11.3 Å². The van der Waals surface area contributed by atoms with E-state index < -0.39 is 0 Å². The monoisotopic (exact) mass is 263 g/mol. The predicted octanol–water partition coefficient (Wildman–Crippen LogP) is 4.01. The fourth-order valence-electron chi connectivity index (χ4n) is 2.35. The summed E-state index contributed by atoms with van der Waals surface area (Å²) in [4.78, 5) is 1.27. The molecule has 0 saturated carbocycles. The summed E-state index contributed by atoms with van der Waals surface area (Å²) >= 11 is 1.71. The minimum atomic E-state index is -0.108. The molecule has 0 aliphatic rings. The number of nitrogens with one attached hydrogen (secondary N) is 1. The number of hydrogen-bond acceptors (Lipinski definition) is 2. The normalized spacial score (nSPS) is 12.7. The molecule has 0 amide bonds. The first kappa shape index (κ1) is 13.2. The molecule has 1 aromatic heterocycles.